The minimum absolute atomic E-state index is 0.000330. The smallest absolute Gasteiger partial charge is 0.319 e. The van der Waals surface area contributed by atoms with Crippen LogP contribution in [-0.2, 0) is 16.1 Å². The maximum absolute atomic E-state index is 13.3. The van der Waals surface area contributed by atoms with Crippen molar-refractivity contribution in [3.63, 3.8) is 0 Å². The number of amides is 2. The second kappa shape index (κ2) is 12.2. The Bertz CT molecular complexity index is 1390. The number of aromatic nitrogens is 2. The standard InChI is InChI=1S/C34H40N4O4S/c1-21-29(20-43-33-35-10-3-11-36-33)41-31(42-30(21)26-8-6-22(19-39)7-9-26)27-4-2-5-28(15-27)37-32(40)38-34-16-23-12-24(17-34)14-25(13-23)18-34/h2-11,15,21,23-25,29-31,39H,12-14,16-20H2,1H3,(H2,37,38,40). The molecule has 2 amide bonds. The average molecular weight is 601 g/mol. The van der Waals surface area contributed by atoms with Gasteiger partial charge in [-0.05, 0) is 85.6 Å². The number of anilines is 1. The molecule has 3 aromatic rings. The van der Waals surface area contributed by atoms with Crippen molar-refractivity contribution in [2.45, 2.75) is 81.2 Å². The second-order valence-corrected chi connectivity index (χ2v) is 14.1. The van der Waals surface area contributed by atoms with Gasteiger partial charge in [0.25, 0.3) is 0 Å². The van der Waals surface area contributed by atoms with E-state index >= 15 is 0 Å². The predicted molar refractivity (Wildman–Crippen MR) is 165 cm³/mol. The first-order valence-electron chi connectivity index (χ1n) is 15.5. The van der Waals surface area contributed by atoms with Crippen LogP contribution in [-0.4, -0.2) is 38.5 Å². The molecule has 5 fully saturated rings. The number of carbonyl (C=O) groups is 1. The van der Waals surface area contributed by atoms with Crippen molar-refractivity contribution in [1.29, 1.82) is 0 Å². The van der Waals surface area contributed by atoms with Crippen LogP contribution in [0.5, 0.6) is 0 Å². The molecule has 0 spiro atoms. The number of urea groups is 1. The fraction of sp³-hybridized carbons (Fsp3) is 0.500. The van der Waals surface area contributed by atoms with Gasteiger partial charge < -0.3 is 25.2 Å². The second-order valence-electron chi connectivity index (χ2n) is 13.1. The molecule has 1 aliphatic heterocycles. The minimum atomic E-state index is -0.617. The fourth-order valence-electron chi connectivity index (χ4n) is 8.26. The highest BCUT2D eigenvalue weighted by atomic mass is 32.2. The molecule has 4 atom stereocenters. The number of benzene rings is 2. The zero-order valence-corrected chi connectivity index (χ0v) is 25.3. The maximum Gasteiger partial charge on any atom is 0.319 e. The molecule has 2 aromatic carbocycles. The highest BCUT2D eigenvalue weighted by Gasteiger charge is 2.51. The monoisotopic (exact) mass is 600 g/mol. The number of hydrogen-bond donors (Lipinski definition) is 3. The van der Waals surface area contributed by atoms with Crippen LogP contribution in [0.3, 0.4) is 0 Å². The first-order chi connectivity index (χ1) is 20.9. The third kappa shape index (κ3) is 6.32. The number of carbonyl (C=O) groups excluding carboxylic acids is 1. The lowest BCUT2D eigenvalue weighted by atomic mass is 9.53. The Balaban J connectivity index is 1.07. The third-order valence-corrected chi connectivity index (χ3v) is 10.8. The van der Waals surface area contributed by atoms with Gasteiger partial charge in [0.05, 0.1) is 18.8 Å². The number of nitrogens with one attached hydrogen (secondary N) is 2. The Labute approximate surface area is 257 Å². The van der Waals surface area contributed by atoms with E-state index < -0.39 is 6.29 Å². The van der Waals surface area contributed by atoms with Gasteiger partial charge in [0.15, 0.2) is 11.4 Å². The van der Waals surface area contributed by atoms with E-state index in [1.54, 1.807) is 24.2 Å². The van der Waals surface area contributed by atoms with Crippen LogP contribution >= 0.6 is 11.8 Å². The van der Waals surface area contributed by atoms with Crippen LogP contribution in [0, 0.1) is 23.7 Å². The van der Waals surface area contributed by atoms with Gasteiger partial charge in [0, 0.05) is 40.9 Å². The van der Waals surface area contributed by atoms with E-state index in [0.717, 1.165) is 59.4 Å². The Hall–Kier alpha value is -2.98. The van der Waals surface area contributed by atoms with Crippen molar-refractivity contribution in [3.8, 4) is 0 Å². The molecule has 4 unspecified atom stereocenters. The van der Waals surface area contributed by atoms with Crippen LogP contribution in [0.2, 0.25) is 0 Å². The van der Waals surface area contributed by atoms with E-state index in [2.05, 4.69) is 27.5 Å². The van der Waals surface area contributed by atoms with Crippen molar-refractivity contribution in [3.05, 3.63) is 83.7 Å². The number of rotatable bonds is 8. The van der Waals surface area contributed by atoms with Gasteiger partial charge in [-0.2, -0.15) is 0 Å². The molecule has 8 nitrogen and oxygen atoms in total. The minimum Gasteiger partial charge on any atom is -0.392 e. The number of hydrogen-bond acceptors (Lipinski definition) is 7. The lowest BCUT2D eigenvalue weighted by Crippen LogP contribution is -2.60. The summed E-state index contributed by atoms with van der Waals surface area (Å²) in [7, 11) is 0. The molecule has 43 heavy (non-hydrogen) atoms. The normalized spacial score (nSPS) is 32.8. The number of ether oxygens (including phenoxy) is 2. The van der Waals surface area contributed by atoms with Gasteiger partial charge in [-0.3, -0.25) is 0 Å². The van der Waals surface area contributed by atoms with Gasteiger partial charge in [-0.15, -0.1) is 0 Å². The Morgan fingerprint density at radius 3 is 2.33 bits per heavy atom. The molecule has 4 saturated carbocycles. The highest BCUT2D eigenvalue weighted by molar-refractivity contribution is 7.99. The van der Waals surface area contributed by atoms with Crippen LogP contribution in [0.4, 0.5) is 10.5 Å². The van der Waals surface area contributed by atoms with Crippen LogP contribution in [0.15, 0.2) is 72.1 Å². The third-order valence-electron chi connectivity index (χ3n) is 9.88. The number of aliphatic hydroxyl groups is 1. The summed E-state index contributed by atoms with van der Waals surface area (Å²) in [6, 6.07) is 17.4. The molecular formula is C34H40N4O4S. The van der Waals surface area contributed by atoms with Crippen LogP contribution in [0.25, 0.3) is 0 Å². The van der Waals surface area contributed by atoms with Gasteiger partial charge in [0.1, 0.15) is 0 Å². The van der Waals surface area contributed by atoms with Crippen molar-refractivity contribution >= 4 is 23.5 Å². The molecule has 3 N–H and O–H groups in total. The number of thioether (sulfide) groups is 1. The summed E-state index contributed by atoms with van der Waals surface area (Å²) in [6.45, 7) is 2.14. The summed E-state index contributed by atoms with van der Waals surface area (Å²) >= 11 is 1.57. The van der Waals surface area contributed by atoms with Gasteiger partial charge in [0.2, 0.25) is 0 Å². The zero-order chi connectivity index (χ0) is 29.4. The maximum atomic E-state index is 13.3. The Morgan fingerprint density at radius 2 is 1.65 bits per heavy atom. The topological polar surface area (TPSA) is 106 Å². The fourth-order valence-corrected chi connectivity index (χ4v) is 9.22. The first kappa shape index (κ1) is 28.8. The van der Waals surface area contributed by atoms with Crippen LogP contribution < -0.4 is 10.6 Å². The molecule has 1 saturated heterocycles. The summed E-state index contributed by atoms with van der Waals surface area (Å²) in [5.41, 5.74) is 3.42. The molecule has 9 heteroatoms. The molecule has 4 bridgehead atoms. The van der Waals surface area contributed by atoms with Crippen molar-refractivity contribution in [1.82, 2.24) is 15.3 Å². The van der Waals surface area contributed by atoms with Crippen LogP contribution in [0.1, 0.15) is 74.5 Å². The number of nitrogens with zero attached hydrogens (tertiary/aromatic N) is 2. The Kier molecular flexibility index (Phi) is 8.16. The lowest BCUT2D eigenvalue weighted by Gasteiger charge is -2.56. The molecule has 2 heterocycles. The molecule has 5 aliphatic rings. The molecule has 8 rings (SSSR count). The summed E-state index contributed by atoms with van der Waals surface area (Å²) in [5, 5.41) is 16.8. The lowest BCUT2D eigenvalue weighted by molar-refractivity contribution is -0.268. The van der Waals surface area contributed by atoms with Gasteiger partial charge in [-0.1, -0.05) is 55.1 Å². The first-order valence-corrected chi connectivity index (χ1v) is 16.5. The molecule has 1 aromatic heterocycles. The SMILES string of the molecule is CC1C(CSc2ncccn2)OC(c2cccc(NC(=O)NC34CC5CC(CC(C5)C3)C4)c2)OC1c1ccc(CO)cc1. The average Bonchev–Trinajstić information content (AvgIpc) is 3.00. The van der Waals surface area contributed by atoms with Crippen molar-refractivity contribution < 1.29 is 19.4 Å². The summed E-state index contributed by atoms with van der Waals surface area (Å²) in [4.78, 5) is 22.0. The Morgan fingerprint density at radius 1 is 0.953 bits per heavy atom. The largest absolute Gasteiger partial charge is 0.392 e. The summed E-state index contributed by atoms with van der Waals surface area (Å²) in [6.07, 6.45) is 9.89. The van der Waals surface area contributed by atoms with E-state index in [9.17, 15) is 9.90 Å². The quantitative estimate of drug-likeness (QED) is 0.197. The van der Waals surface area contributed by atoms with E-state index in [1.807, 2.05) is 54.6 Å². The molecule has 4 aliphatic carbocycles. The highest BCUT2D eigenvalue weighted by Crippen LogP contribution is 2.55. The molecule has 0 radical (unpaired) electrons. The van der Waals surface area contributed by atoms with E-state index in [1.165, 1.54) is 19.3 Å². The van der Waals surface area contributed by atoms with Crippen molar-refractivity contribution in [2.75, 3.05) is 11.1 Å². The summed E-state index contributed by atoms with van der Waals surface area (Å²) < 4.78 is 13.2. The van der Waals surface area contributed by atoms with E-state index in [4.69, 9.17) is 9.47 Å². The zero-order valence-electron chi connectivity index (χ0n) is 24.5. The van der Waals surface area contributed by atoms with Gasteiger partial charge >= 0.3 is 6.03 Å². The predicted octanol–water partition coefficient (Wildman–Crippen LogP) is 6.64. The molecule has 226 valence electrons. The van der Waals surface area contributed by atoms with E-state index in [-0.39, 0.29) is 36.3 Å². The number of aliphatic hydroxyl groups excluding tert-OH is 1. The molecular weight excluding hydrogens is 560 g/mol. The van der Waals surface area contributed by atoms with E-state index in [0.29, 0.717) is 10.9 Å². The van der Waals surface area contributed by atoms with Gasteiger partial charge in [-0.25, -0.2) is 14.8 Å². The van der Waals surface area contributed by atoms with Crippen molar-refractivity contribution in [2.24, 2.45) is 23.7 Å². The summed E-state index contributed by atoms with van der Waals surface area (Å²) in [5.74, 6) is 3.03.